The maximum absolute atomic E-state index is 6.09. The monoisotopic (exact) mass is 298 g/mol. The summed E-state index contributed by atoms with van der Waals surface area (Å²) in [6.45, 7) is 2.08. The Morgan fingerprint density at radius 2 is 2.00 bits per heavy atom. The zero-order chi connectivity index (χ0) is 12.3. The number of methoxy groups -OCH3 is 1. The van der Waals surface area contributed by atoms with E-state index in [0.29, 0.717) is 12.2 Å². The van der Waals surface area contributed by atoms with E-state index in [2.05, 4.69) is 28.9 Å². The Bertz CT molecular complexity index is 378. The smallest absolute Gasteiger partial charge is 0.123 e. The van der Waals surface area contributed by atoms with Gasteiger partial charge in [-0.05, 0) is 43.9 Å². The zero-order valence-electron chi connectivity index (χ0n) is 10.4. The van der Waals surface area contributed by atoms with E-state index < -0.39 is 0 Å². The second kappa shape index (κ2) is 5.87. The van der Waals surface area contributed by atoms with Gasteiger partial charge in [0.2, 0.25) is 0 Å². The fourth-order valence-electron chi connectivity index (χ4n) is 2.30. The van der Waals surface area contributed by atoms with Gasteiger partial charge in [-0.1, -0.05) is 22.0 Å². The molecule has 0 heterocycles. The molecule has 1 aromatic rings. The molecule has 2 atom stereocenters. The molecule has 0 aromatic heterocycles. The van der Waals surface area contributed by atoms with Crippen LogP contribution in [0.4, 0.5) is 0 Å². The van der Waals surface area contributed by atoms with Crippen LogP contribution in [0.5, 0.6) is 5.75 Å². The van der Waals surface area contributed by atoms with Crippen molar-refractivity contribution in [2.45, 2.75) is 44.8 Å². The molecule has 1 saturated carbocycles. The molecule has 2 nitrogen and oxygen atoms in total. The number of halogens is 1. The van der Waals surface area contributed by atoms with Crippen molar-refractivity contribution >= 4 is 15.9 Å². The van der Waals surface area contributed by atoms with Crippen LogP contribution in [0.1, 0.15) is 31.2 Å². The topological polar surface area (TPSA) is 18.5 Å². The van der Waals surface area contributed by atoms with Crippen LogP contribution in [0.2, 0.25) is 0 Å². The van der Waals surface area contributed by atoms with Gasteiger partial charge in [-0.15, -0.1) is 0 Å². The number of ether oxygens (including phenoxy) is 2. The third-order valence-electron chi connectivity index (χ3n) is 3.36. The van der Waals surface area contributed by atoms with Gasteiger partial charge in [0.1, 0.15) is 11.9 Å². The fraction of sp³-hybridized carbons (Fsp3) is 0.571. The van der Waals surface area contributed by atoms with Crippen LogP contribution in [-0.4, -0.2) is 19.3 Å². The summed E-state index contributed by atoms with van der Waals surface area (Å²) in [5, 5.41) is 0. The van der Waals surface area contributed by atoms with Crippen molar-refractivity contribution in [3.8, 4) is 5.75 Å². The normalized spacial score (nSPS) is 24.6. The predicted octanol–water partition coefficient (Wildman–Crippen LogP) is 4.09. The molecule has 1 aromatic carbocycles. The molecule has 2 unspecified atom stereocenters. The van der Waals surface area contributed by atoms with Crippen LogP contribution in [0.15, 0.2) is 22.7 Å². The molecular formula is C14H19BrO2. The molecule has 0 radical (unpaired) electrons. The molecule has 17 heavy (non-hydrogen) atoms. The molecule has 94 valence electrons. The predicted molar refractivity (Wildman–Crippen MR) is 72.6 cm³/mol. The van der Waals surface area contributed by atoms with Crippen LogP contribution < -0.4 is 4.74 Å². The third kappa shape index (κ3) is 3.46. The lowest BCUT2D eigenvalue weighted by Gasteiger charge is -2.29. The lowest BCUT2D eigenvalue weighted by molar-refractivity contribution is 0.0207. The minimum absolute atomic E-state index is 0.293. The number of benzene rings is 1. The Hall–Kier alpha value is -0.540. The molecule has 0 N–H and O–H groups in total. The SMILES string of the molecule is COC1CCCC(Oc2cc(Br)ccc2C)C1. The van der Waals surface area contributed by atoms with E-state index in [-0.39, 0.29) is 0 Å². The van der Waals surface area contributed by atoms with Gasteiger partial charge in [0.05, 0.1) is 6.10 Å². The Morgan fingerprint density at radius 1 is 1.24 bits per heavy atom. The average molecular weight is 299 g/mol. The van der Waals surface area contributed by atoms with Gasteiger partial charge < -0.3 is 9.47 Å². The highest BCUT2D eigenvalue weighted by Gasteiger charge is 2.23. The first-order valence-electron chi connectivity index (χ1n) is 6.14. The maximum Gasteiger partial charge on any atom is 0.123 e. The lowest BCUT2D eigenvalue weighted by atomic mass is 9.95. The lowest BCUT2D eigenvalue weighted by Crippen LogP contribution is -2.29. The van der Waals surface area contributed by atoms with Gasteiger partial charge in [-0.3, -0.25) is 0 Å². The van der Waals surface area contributed by atoms with Crippen molar-refractivity contribution in [3.05, 3.63) is 28.2 Å². The van der Waals surface area contributed by atoms with E-state index in [9.17, 15) is 0 Å². The zero-order valence-corrected chi connectivity index (χ0v) is 12.0. The quantitative estimate of drug-likeness (QED) is 0.837. The van der Waals surface area contributed by atoms with Crippen molar-refractivity contribution in [3.63, 3.8) is 0 Å². The van der Waals surface area contributed by atoms with E-state index in [1.54, 1.807) is 7.11 Å². The minimum atomic E-state index is 0.293. The maximum atomic E-state index is 6.09. The van der Waals surface area contributed by atoms with E-state index in [0.717, 1.165) is 29.5 Å². The van der Waals surface area contributed by atoms with Gasteiger partial charge in [0.25, 0.3) is 0 Å². The second-order valence-electron chi connectivity index (χ2n) is 4.67. The summed E-state index contributed by atoms with van der Waals surface area (Å²) < 4.78 is 12.6. The molecule has 2 rings (SSSR count). The molecule has 3 heteroatoms. The van der Waals surface area contributed by atoms with Gasteiger partial charge in [0, 0.05) is 18.0 Å². The molecule has 1 aliphatic carbocycles. The highest BCUT2D eigenvalue weighted by Crippen LogP contribution is 2.29. The molecule has 1 aliphatic rings. The van der Waals surface area contributed by atoms with Crippen LogP contribution >= 0.6 is 15.9 Å². The van der Waals surface area contributed by atoms with Crippen molar-refractivity contribution in [2.24, 2.45) is 0 Å². The van der Waals surface area contributed by atoms with Crippen LogP contribution in [-0.2, 0) is 4.74 Å². The molecule has 0 amide bonds. The van der Waals surface area contributed by atoms with Crippen LogP contribution in [0.3, 0.4) is 0 Å². The third-order valence-corrected chi connectivity index (χ3v) is 3.85. The molecule has 0 aliphatic heterocycles. The largest absolute Gasteiger partial charge is 0.490 e. The first-order chi connectivity index (χ1) is 8.19. The summed E-state index contributed by atoms with van der Waals surface area (Å²) in [5.41, 5.74) is 1.19. The van der Waals surface area contributed by atoms with Crippen molar-refractivity contribution in [2.75, 3.05) is 7.11 Å². The van der Waals surface area contributed by atoms with Gasteiger partial charge >= 0.3 is 0 Å². The van der Waals surface area contributed by atoms with E-state index in [1.165, 1.54) is 12.0 Å². The first-order valence-corrected chi connectivity index (χ1v) is 6.94. The Labute approximate surface area is 111 Å². The second-order valence-corrected chi connectivity index (χ2v) is 5.59. The first kappa shape index (κ1) is 12.9. The van der Waals surface area contributed by atoms with Gasteiger partial charge in [-0.2, -0.15) is 0 Å². The molecule has 0 bridgehead atoms. The Morgan fingerprint density at radius 3 is 2.76 bits per heavy atom. The van der Waals surface area contributed by atoms with Crippen molar-refractivity contribution in [1.82, 2.24) is 0 Å². The summed E-state index contributed by atoms with van der Waals surface area (Å²) in [5.74, 6) is 0.987. The Kier molecular flexibility index (Phi) is 4.46. The van der Waals surface area contributed by atoms with E-state index >= 15 is 0 Å². The van der Waals surface area contributed by atoms with E-state index in [4.69, 9.17) is 9.47 Å². The summed E-state index contributed by atoms with van der Waals surface area (Å²) in [7, 11) is 1.79. The standard InChI is InChI=1S/C14H19BrO2/c1-10-6-7-11(15)8-14(10)17-13-5-3-4-12(9-13)16-2/h6-8,12-13H,3-5,9H2,1-2H3. The summed E-state index contributed by atoms with van der Waals surface area (Å²) in [6, 6.07) is 6.17. The van der Waals surface area contributed by atoms with Gasteiger partial charge in [-0.25, -0.2) is 0 Å². The van der Waals surface area contributed by atoms with Crippen molar-refractivity contribution in [1.29, 1.82) is 0 Å². The number of hydrogen-bond acceptors (Lipinski definition) is 2. The van der Waals surface area contributed by atoms with Crippen LogP contribution in [0.25, 0.3) is 0 Å². The fourth-order valence-corrected chi connectivity index (χ4v) is 2.64. The van der Waals surface area contributed by atoms with Gasteiger partial charge in [0.15, 0.2) is 0 Å². The molecule has 0 saturated heterocycles. The number of rotatable bonds is 3. The van der Waals surface area contributed by atoms with E-state index in [1.807, 2.05) is 12.1 Å². The molecule has 1 fully saturated rings. The average Bonchev–Trinajstić information content (AvgIpc) is 2.34. The molecule has 0 spiro atoms. The summed E-state index contributed by atoms with van der Waals surface area (Å²) in [4.78, 5) is 0. The summed E-state index contributed by atoms with van der Waals surface area (Å²) >= 11 is 3.48. The molecular weight excluding hydrogens is 280 g/mol. The van der Waals surface area contributed by atoms with Crippen LogP contribution in [0, 0.1) is 6.92 Å². The highest BCUT2D eigenvalue weighted by atomic mass is 79.9. The minimum Gasteiger partial charge on any atom is -0.490 e. The Balaban J connectivity index is 2.02. The highest BCUT2D eigenvalue weighted by molar-refractivity contribution is 9.10. The van der Waals surface area contributed by atoms with Crippen molar-refractivity contribution < 1.29 is 9.47 Å². The summed E-state index contributed by atoms with van der Waals surface area (Å²) in [6.07, 6.45) is 5.14. The number of aryl methyl sites for hydroxylation is 1. The number of hydrogen-bond donors (Lipinski definition) is 0.